The molecule has 5 heteroatoms. The Bertz CT molecular complexity index is 3190. The smallest absolute Gasteiger partial charge is 0.164 e. The zero-order valence-corrected chi connectivity index (χ0v) is 30.2. The molecule has 8 aromatic carbocycles. The average Bonchev–Trinajstić information content (AvgIpc) is 3.83. The molecular weight excluding hydrogens is 685 g/mol. The number of furan rings is 1. The lowest BCUT2D eigenvalue weighted by atomic mass is 9.99. The number of para-hydroxylation sites is 2. The van der Waals surface area contributed by atoms with Gasteiger partial charge in [0.15, 0.2) is 17.5 Å². The molecule has 5 nitrogen and oxygen atoms in total. The van der Waals surface area contributed by atoms with E-state index in [0.717, 1.165) is 77.6 Å². The number of fused-ring (bicyclic) bond motifs is 6. The van der Waals surface area contributed by atoms with Crippen molar-refractivity contribution in [3.63, 3.8) is 0 Å². The van der Waals surface area contributed by atoms with Crippen LogP contribution in [-0.4, -0.2) is 19.5 Å². The van der Waals surface area contributed by atoms with E-state index < -0.39 is 0 Å². The van der Waals surface area contributed by atoms with Gasteiger partial charge >= 0.3 is 0 Å². The summed E-state index contributed by atoms with van der Waals surface area (Å²) >= 11 is 0. The number of hydrogen-bond acceptors (Lipinski definition) is 4. The molecule has 0 unspecified atom stereocenters. The highest BCUT2D eigenvalue weighted by molar-refractivity contribution is 6.18. The van der Waals surface area contributed by atoms with E-state index >= 15 is 0 Å². The highest BCUT2D eigenvalue weighted by Crippen LogP contribution is 2.44. The maximum atomic E-state index is 6.85. The first kappa shape index (κ1) is 31.9. The summed E-state index contributed by atoms with van der Waals surface area (Å²) in [5, 5.41) is 4.34. The summed E-state index contributed by atoms with van der Waals surface area (Å²) < 4.78 is 9.23. The van der Waals surface area contributed by atoms with Gasteiger partial charge in [0.2, 0.25) is 0 Å². The topological polar surface area (TPSA) is 56.7 Å². The third-order valence-electron chi connectivity index (χ3n) is 10.6. The summed E-state index contributed by atoms with van der Waals surface area (Å²) in [5.74, 6) is 1.78. The van der Waals surface area contributed by atoms with Crippen LogP contribution in [0.5, 0.6) is 0 Å². The fraction of sp³-hybridized carbons (Fsp3) is 0. The first-order valence-corrected chi connectivity index (χ1v) is 18.8. The molecule has 0 aliphatic rings. The van der Waals surface area contributed by atoms with Crippen molar-refractivity contribution in [2.45, 2.75) is 0 Å². The van der Waals surface area contributed by atoms with Crippen molar-refractivity contribution in [1.29, 1.82) is 0 Å². The van der Waals surface area contributed by atoms with Gasteiger partial charge in [-0.1, -0.05) is 158 Å². The number of nitrogens with zero attached hydrogens (tertiary/aromatic N) is 4. The van der Waals surface area contributed by atoms with Crippen LogP contribution in [0.15, 0.2) is 199 Å². The lowest BCUT2D eigenvalue weighted by molar-refractivity contribution is 0.669. The summed E-state index contributed by atoms with van der Waals surface area (Å²) in [6.45, 7) is 0. The molecule has 0 spiro atoms. The fourth-order valence-electron chi connectivity index (χ4n) is 8.08. The number of benzene rings is 8. The van der Waals surface area contributed by atoms with Gasteiger partial charge in [-0.3, -0.25) is 0 Å². The summed E-state index contributed by atoms with van der Waals surface area (Å²) in [6.07, 6.45) is 0. The van der Waals surface area contributed by atoms with Gasteiger partial charge in [-0.05, 0) is 58.7 Å². The average molecular weight is 717 g/mol. The molecule has 0 radical (unpaired) electrons. The number of hydrogen-bond donors (Lipinski definition) is 0. The fourth-order valence-corrected chi connectivity index (χ4v) is 8.08. The Hall–Kier alpha value is -7.63. The number of rotatable bonds is 6. The molecule has 0 fully saturated rings. The first-order valence-electron chi connectivity index (χ1n) is 18.8. The highest BCUT2D eigenvalue weighted by Gasteiger charge is 2.23. The second-order valence-electron chi connectivity index (χ2n) is 14.0. The van der Waals surface area contributed by atoms with Crippen LogP contribution in [0, 0.1) is 0 Å². The van der Waals surface area contributed by atoms with Crippen LogP contribution >= 0.6 is 0 Å². The summed E-state index contributed by atoms with van der Waals surface area (Å²) in [7, 11) is 0. The van der Waals surface area contributed by atoms with E-state index in [0.29, 0.717) is 17.5 Å². The molecule has 0 bridgehead atoms. The Balaban J connectivity index is 1.22. The Morgan fingerprint density at radius 3 is 1.54 bits per heavy atom. The lowest BCUT2D eigenvalue weighted by Gasteiger charge is -2.14. The van der Waals surface area contributed by atoms with Gasteiger partial charge in [0.25, 0.3) is 0 Å². The standard InChI is InChI=1S/C51H32N4O/c1-4-16-33(17-5-1)36-22-14-23-37(30-36)50-52-49(35-20-8-3-9-21-35)53-51(54-50)41-26-15-29-45-47(41)48-44(31-38(32-46(48)56-45)34-18-6-2-7-19-34)55-42-27-12-10-24-39(42)40-25-11-13-28-43(40)55/h1-32H. The molecule has 0 atom stereocenters. The van der Waals surface area contributed by atoms with Crippen molar-refractivity contribution in [1.82, 2.24) is 19.5 Å². The van der Waals surface area contributed by atoms with Crippen molar-refractivity contribution in [3.8, 4) is 62.1 Å². The first-order chi connectivity index (χ1) is 27.8. The van der Waals surface area contributed by atoms with Crippen LogP contribution < -0.4 is 0 Å². The highest BCUT2D eigenvalue weighted by atomic mass is 16.3. The van der Waals surface area contributed by atoms with E-state index in [9.17, 15) is 0 Å². The van der Waals surface area contributed by atoms with Gasteiger partial charge in [-0.25, -0.2) is 15.0 Å². The van der Waals surface area contributed by atoms with Gasteiger partial charge in [0.1, 0.15) is 11.2 Å². The summed E-state index contributed by atoms with van der Waals surface area (Å²) in [5.41, 5.74) is 11.9. The van der Waals surface area contributed by atoms with Crippen LogP contribution in [0.4, 0.5) is 0 Å². The van der Waals surface area contributed by atoms with Gasteiger partial charge in [-0.2, -0.15) is 0 Å². The lowest BCUT2D eigenvalue weighted by Crippen LogP contribution is -2.01. The number of aromatic nitrogens is 4. The molecule has 0 N–H and O–H groups in total. The van der Waals surface area contributed by atoms with E-state index in [4.69, 9.17) is 19.4 Å². The molecule has 3 heterocycles. The SMILES string of the molecule is c1ccc(-c2cccc(-c3nc(-c4ccccc4)nc(-c4cccc5oc6cc(-c7ccccc7)cc(-n7c8ccccc8c8ccccc87)c6c45)n3)c2)cc1. The molecular formula is C51H32N4O. The zero-order chi connectivity index (χ0) is 37.0. The van der Waals surface area contributed by atoms with Crippen LogP contribution in [0.2, 0.25) is 0 Å². The molecule has 0 saturated carbocycles. The maximum absolute atomic E-state index is 6.85. The predicted octanol–water partition coefficient (Wildman–Crippen LogP) is 13.2. The van der Waals surface area contributed by atoms with E-state index in [1.54, 1.807) is 0 Å². The molecule has 0 saturated heterocycles. The minimum Gasteiger partial charge on any atom is -0.456 e. The minimum absolute atomic E-state index is 0.576. The Labute approximate surface area is 322 Å². The molecule has 11 rings (SSSR count). The van der Waals surface area contributed by atoms with Crippen molar-refractivity contribution in [2.24, 2.45) is 0 Å². The van der Waals surface area contributed by atoms with Crippen LogP contribution in [-0.2, 0) is 0 Å². The van der Waals surface area contributed by atoms with Crippen molar-refractivity contribution in [3.05, 3.63) is 194 Å². The van der Waals surface area contributed by atoms with Gasteiger partial charge in [0.05, 0.1) is 22.1 Å². The van der Waals surface area contributed by atoms with Crippen LogP contribution in [0.3, 0.4) is 0 Å². The molecule has 11 aromatic rings. The van der Waals surface area contributed by atoms with Crippen LogP contribution in [0.1, 0.15) is 0 Å². The molecule has 262 valence electrons. The normalized spacial score (nSPS) is 11.6. The van der Waals surface area contributed by atoms with Gasteiger partial charge in [0, 0.05) is 32.8 Å². The molecule has 0 amide bonds. The molecule has 0 aliphatic heterocycles. The van der Waals surface area contributed by atoms with E-state index in [1.807, 2.05) is 54.6 Å². The monoisotopic (exact) mass is 716 g/mol. The quantitative estimate of drug-likeness (QED) is 0.172. The Morgan fingerprint density at radius 2 is 0.857 bits per heavy atom. The van der Waals surface area contributed by atoms with E-state index in [1.165, 1.54) is 10.8 Å². The second kappa shape index (κ2) is 13.0. The molecule has 0 aliphatic carbocycles. The van der Waals surface area contributed by atoms with Gasteiger partial charge < -0.3 is 8.98 Å². The summed E-state index contributed by atoms with van der Waals surface area (Å²) in [4.78, 5) is 15.5. The zero-order valence-electron chi connectivity index (χ0n) is 30.2. The second-order valence-corrected chi connectivity index (χ2v) is 14.0. The minimum atomic E-state index is 0.576. The van der Waals surface area contributed by atoms with E-state index in [-0.39, 0.29) is 0 Å². The molecule has 56 heavy (non-hydrogen) atoms. The van der Waals surface area contributed by atoms with E-state index in [2.05, 4.69) is 144 Å². The largest absolute Gasteiger partial charge is 0.456 e. The maximum Gasteiger partial charge on any atom is 0.164 e. The predicted molar refractivity (Wildman–Crippen MR) is 229 cm³/mol. The Kier molecular flexibility index (Phi) is 7.42. The summed E-state index contributed by atoms with van der Waals surface area (Å²) in [6, 6.07) is 67.3. The molecule has 3 aromatic heterocycles. The third-order valence-corrected chi connectivity index (χ3v) is 10.6. The third kappa shape index (κ3) is 5.29. The van der Waals surface area contributed by atoms with Crippen molar-refractivity contribution in [2.75, 3.05) is 0 Å². The van der Waals surface area contributed by atoms with Crippen molar-refractivity contribution >= 4 is 43.7 Å². The Morgan fingerprint density at radius 1 is 0.339 bits per heavy atom. The van der Waals surface area contributed by atoms with Crippen molar-refractivity contribution < 1.29 is 4.42 Å². The van der Waals surface area contributed by atoms with Gasteiger partial charge in [-0.15, -0.1) is 0 Å². The van der Waals surface area contributed by atoms with Crippen LogP contribution in [0.25, 0.3) is 106 Å².